The molecule has 3 saturated heterocycles. The highest BCUT2D eigenvalue weighted by molar-refractivity contribution is 6.32. The number of unbranched alkanes of at least 4 members (excludes halogenated alkanes) is 2. The minimum Gasteiger partial charge on any atom is -0.507 e. The number of hydrogen-bond acceptors (Lipinski definition) is 15. The lowest BCUT2D eigenvalue weighted by atomic mass is 9.73. The van der Waals surface area contributed by atoms with E-state index in [1.165, 1.54) is 44.2 Å². The van der Waals surface area contributed by atoms with E-state index in [1.807, 2.05) is 6.92 Å². The molecule has 0 aromatic heterocycles. The number of phenolic OH excluding ortho intramolecular Hbond substituents is 2. The number of imide groups is 1. The van der Waals surface area contributed by atoms with Crippen molar-refractivity contribution in [1.82, 2.24) is 20.4 Å². The number of nitrogens with zero attached hydrogens (tertiary/aromatic N) is 2. The van der Waals surface area contributed by atoms with Gasteiger partial charge in [0.2, 0.25) is 17.7 Å². The SMILES string of the molecule is CC(=O)[C@@H]1Cc2c(O)c3c(c(O)c2[C@@H](O[C@H]2C[C@H]4[C@H](O[C@@H]5COCCN54)[C@H](C)O2)C1)C(=O)c1c(NC(=O)[C@H](C)NC(=O)[C@@H](NC(=O)CCCCCN2C(=O)C=CC2=O)C(C)C)cccc1C3=O. The molecule has 19 nitrogen and oxygen atoms in total. The molecule has 6 aliphatic rings. The second-order valence-corrected chi connectivity index (χ2v) is 18.5. The maximum absolute atomic E-state index is 14.6. The summed E-state index contributed by atoms with van der Waals surface area (Å²) < 4.78 is 24.8. The van der Waals surface area contributed by atoms with Crippen molar-refractivity contribution < 1.29 is 67.5 Å². The fourth-order valence-electron chi connectivity index (χ4n) is 10.1. The summed E-state index contributed by atoms with van der Waals surface area (Å²) in [5, 5.41) is 32.0. The Morgan fingerprint density at radius 3 is 2.33 bits per heavy atom. The van der Waals surface area contributed by atoms with Crippen molar-refractivity contribution in [3.63, 3.8) is 0 Å². The van der Waals surface area contributed by atoms with Crippen LogP contribution in [-0.2, 0) is 54.1 Å². The lowest BCUT2D eigenvalue weighted by Crippen LogP contribution is -2.53. The van der Waals surface area contributed by atoms with Crippen LogP contribution >= 0.6 is 0 Å². The summed E-state index contributed by atoms with van der Waals surface area (Å²) in [6.45, 7) is 10.1. The van der Waals surface area contributed by atoms with Crippen LogP contribution in [0.5, 0.6) is 11.5 Å². The zero-order valence-electron chi connectivity index (χ0n) is 38.1. The molecule has 9 atom stereocenters. The Morgan fingerprint density at radius 2 is 1.61 bits per heavy atom. The third-order valence-corrected chi connectivity index (χ3v) is 13.7. The van der Waals surface area contributed by atoms with Crippen LogP contribution in [0.3, 0.4) is 0 Å². The van der Waals surface area contributed by atoms with Gasteiger partial charge in [-0.15, -0.1) is 0 Å². The highest BCUT2D eigenvalue weighted by atomic mass is 16.7. The number of ketones is 3. The predicted octanol–water partition coefficient (Wildman–Crippen LogP) is 2.71. The second kappa shape index (κ2) is 19.4. The minimum absolute atomic E-state index is 0.0200. The second-order valence-electron chi connectivity index (χ2n) is 18.5. The van der Waals surface area contributed by atoms with Crippen LogP contribution in [0.25, 0.3) is 0 Å². The minimum atomic E-state index is -1.20. The number of nitrogens with one attached hydrogen (secondary N) is 3. The molecule has 2 aromatic carbocycles. The third kappa shape index (κ3) is 9.26. The molecule has 0 unspecified atom stereocenters. The first-order valence-electron chi connectivity index (χ1n) is 23.0. The molecular formula is C48H57N5O14. The van der Waals surface area contributed by atoms with E-state index in [0.717, 1.165) is 4.90 Å². The average Bonchev–Trinajstić information content (AvgIpc) is 3.83. The normalized spacial score (nSPS) is 26.3. The quantitative estimate of drug-likeness (QED) is 0.0835. The maximum atomic E-state index is 14.6. The number of aromatic hydroxyl groups is 2. The molecule has 2 aromatic rings. The van der Waals surface area contributed by atoms with Crippen LogP contribution in [0, 0.1) is 11.8 Å². The van der Waals surface area contributed by atoms with Gasteiger partial charge in [0.15, 0.2) is 17.9 Å². The van der Waals surface area contributed by atoms with Crippen molar-refractivity contribution in [2.24, 2.45) is 11.8 Å². The molecule has 5 N–H and O–H groups in total. The number of amides is 5. The Hall–Kier alpha value is -5.86. The molecule has 358 valence electrons. The van der Waals surface area contributed by atoms with Crippen molar-refractivity contribution in [3.05, 3.63) is 63.7 Å². The highest BCUT2D eigenvalue weighted by Crippen LogP contribution is 2.52. The largest absolute Gasteiger partial charge is 0.507 e. The molecule has 0 saturated carbocycles. The van der Waals surface area contributed by atoms with Gasteiger partial charge in [0, 0.05) is 66.7 Å². The van der Waals surface area contributed by atoms with E-state index in [4.69, 9.17) is 18.9 Å². The lowest BCUT2D eigenvalue weighted by molar-refractivity contribution is -0.243. The highest BCUT2D eigenvalue weighted by Gasteiger charge is 2.52. The van der Waals surface area contributed by atoms with E-state index >= 15 is 0 Å². The van der Waals surface area contributed by atoms with Gasteiger partial charge in [-0.05, 0) is 58.4 Å². The average molecular weight is 928 g/mol. The van der Waals surface area contributed by atoms with Gasteiger partial charge in [0.1, 0.15) is 41.7 Å². The summed E-state index contributed by atoms with van der Waals surface area (Å²) in [6, 6.07) is 1.94. The van der Waals surface area contributed by atoms with Crippen molar-refractivity contribution in [2.45, 2.75) is 129 Å². The molecule has 5 amide bonds. The van der Waals surface area contributed by atoms with Gasteiger partial charge in [-0.2, -0.15) is 0 Å². The first-order chi connectivity index (χ1) is 31.9. The van der Waals surface area contributed by atoms with Crippen LogP contribution in [0.15, 0.2) is 30.4 Å². The van der Waals surface area contributed by atoms with Crippen molar-refractivity contribution in [1.29, 1.82) is 0 Å². The number of rotatable bonds is 15. The zero-order valence-corrected chi connectivity index (χ0v) is 38.1. The van der Waals surface area contributed by atoms with Crippen LogP contribution in [0.4, 0.5) is 5.69 Å². The summed E-state index contributed by atoms with van der Waals surface area (Å²) in [7, 11) is 0. The number of fused-ring (bicyclic) bond motifs is 6. The number of morpholine rings is 1. The smallest absolute Gasteiger partial charge is 0.253 e. The maximum Gasteiger partial charge on any atom is 0.253 e. The first-order valence-corrected chi connectivity index (χ1v) is 23.0. The summed E-state index contributed by atoms with van der Waals surface area (Å²) in [4.78, 5) is 109. The fraction of sp³-hybridized carbons (Fsp3) is 0.542. The van der Waals surface area contributed by atoms with E-state index in [9.17, 15) is 48.6 Å². The standard InChI is InChI=1S/C48H57N5O14/c1-22(2)41(51-32(55)12-7-6-8-15-53-33(56)13-14-34(53)57)48(63)49-23(3)47(62)50-29-11-9-10-27-37(29)44(60)40-39(42(27)58)43(59)28-18-26(24(4)54)19-31(38(28)45(40)61)66-36-20-30-46(25(5)65-36)67-35-21-64-17-16-52(30)35/h9-11,13-14,22-23,25-26,30-31,35-36,41,46,59,61H,6-8,12,15-21H2,1-5H3,(H,49,63)(H,50,62)(H,51,55)/t23-,25-,26+,30-,31-,35+,36-,41-,46+/m0/s1. The summed E-state index contributed by atoms with van der Waals surface area (Å²) in [5.41, 5.74) is -1.20. The monoisotopic (exact) mass is 927 g/mol. The molecule has 2 aliphatic carbocycles. The van der Waals surface area contributed by atoms with Crippen molar-refractivity contribution >= 4 is 52.6 Å². The van der Waals surface area contributed by atoms with Crippen LogP contribution < -0.4 is 16.0 Å². The van der Waals surface area contributed by atoms with Gasteiger partial charge in [-0.1, -0.05) is 32.4 Å². The Morgan fingerprint density at radius 1 is 0.881 bits per heavy atom. The predicted molar refractivity (Wildman–Crippen MR) is 236 cm³/mol. The topological polar surface area (TPSA) is 257 Å². The van der Waals surface area contributed by atoms with Gasteiger partial charge in [0.05, 0.1) is 47.8 Å². The van der Waals surface area contributed by atoms with E-state index in [2.05, 4.69) is 20.9 Å². The Bertz CT molecular complexity index is 2410. The fourth-order valence-corrected chi connectivity index (χ4v) is 10.1. The number of carbonyl (C=O) groups excluding carboxylic acids is 8. The summed E-state index contributed by atoms with van der Waals surface area (Å²) >= 11 is 0. The van der Waals surface area contributed by atoms with Crippen LogP contribution in [0.2, 0.25) is 0 Å². The van der Waals surface area contributed by atoms with Crippen LogP contribution in [-0.4, -0.2) is 136 Å². The van der Waals surface area contributed by atoms with Gasteiger partial charge in [-0.3, -0.25) is 48.2 Å². The number of Topliss-reactive ketones (excluding diaryl/α,β-unsaturated/α-hetero) is 1. The molecule has 4 heterocycles. The Kier molecular flexibility index (Phi) is 13.8. The molecule has 0 bridgehead atoms. The van der Waals surface area contributed by atoms with E-state index < -0.39 is 82.3 Å². The van der Waals surface area contributed by atoms with E-state index in [-0.39, 0.29) is 102 Å². The first kappa shape index (κ1) is 47.6. The Labute approximate surface area is 386 Å². The van der Waals surface area contributed by atoms with Gasteiger partial charge in [-0.25, -0.2) is 0 Å². The van der Waals surface area contributed by atoms with E-state index in [0.29, 0.717) is 45.4 Å². The molecule has 67 heavy (non-hydrogen) atoms. The van der Waals surface area contributed by atoms with Crippen molar-refractivity contribution in [3.8, 4) is 11.5 Å². The molecule has 0 radical (unpaired) electrons. The number of phenols is 2. The molecule has 19 heteroatoms. The summed E-state index contributed by atoms with van der Waals surface area (Å²) in [5.74, 6) is -6.52. The lowest BCUT2D eigenvalue weighted by Gasteiger charge is -2.41. The molecule has 0 spiro atoms. The Balaban J connectivity index is 0.963. The van der Waals surface area contributed by atoms with Crippen LogP contribution in [0.1, 0.15) is 122 Å². The van der Waals surface area contributed by atoms with E-state index in [1.54, 1.807) is 13.8 Å². The number of hydrogen-bond donors (Lipinski definition) is 5. The van der Waals surface area contributed by atoms with Gasteiger partial charge < -0.3 is 45.1 Å². The van der Waals surface area contributed by atoms with Crippen molar-refractivity contribution in [2.75, 3.05) is 31.6 Å². The summed E-state index contributed by atoms with van der Waals surface area (Å²) in [6.07, 6.45) is 1.82. The number of anilines is 1. The number of ether oxygens (including phenoxy) is 4. The number of benzene rings is 2. The third-order valence-electron chi connectivity index (χ3n) is 13.7. The van der Waals surface area contributed by atoms with Gasteiger partial charge in [0.25, 0.3) is 11.8 Å². The molecule has 4 aliphatic heterocycles. The molecule has 8 rings (SSSR count). The molecule has 3 fully saturated rings. The van der Waals surface area contributed by atoms with Gasteiger partial charge >= 0.3 is 0 Å². The zero-order chi connectivity index (χ0) is 48.0. The number of carbonyl (C=O) groups is 8. The molecular weight excluding hydrogens is 871 g/mol.